The zero-order chi connectivity index (χ0) is 17.8. The third-order valence-electron chi connectivity index (χ3n) is 5.23. The summed E-state index contributed by atoms with van der Waals surface area (Å²) in [6.45, 7) is 16.8. The van der Waals surface area contributed by atoms with Gasteiger partial charge in [0.05, 0.1) is 12.6 Å². The van der Waals surface area contributed by atoms with Crippen LogP contribution >= 0.6 is 0 Å². The molecule has 0 unspecified atom stereocenters. The summed E-state index contributed by atoms with van der Waals surface area (Å²) in [4.78, 5) is 26.1. The highest BCUT2D eigenvalue weighted by Crippen LogP contribution is 2.51. The van der Waals surface area contributed by atoms with Crippen molar-refractivity contribution in [2.75, 3.05) is 6.61 Å². The molecule has 0 N–H and O–H groups in total. The van der Waals surface area contributed by atoms with Gasteiger partial charge in [0.2, 0.25) is 5.91 Å². The Kier molecular flexibility index (Phi) is 4.48. The van der Waals surface area contributed by atoms with E-state index in [4.69, 9.17) is 9.16 Å². The first kappa shape index (κ1) is 18.5. The highest BCUT2D eigenvalue weighted by Gasteiger charge is 2.61. The first-order valence-corrected chi connectivity index (χ1v) is 11.4. The molecule has 1 aliphatic heterocycles. The summed E-state index contributed by atoms with van der Waals surface area (Å²) in [5, 5.41) is 0.106. The molecule has 2 fully saturated rings. The SMILES string of the molecule is CC(C)(C)OC(=O)N1C(=O)[C@@H]2C[C@@H]2[C@H]1CO[Si](C)(C)C(C)(C)C. The maximum absolute atomic E-state index is 12.4. The Morgan fingerprint density at radius 3 is 2.26 bits per heavy atom. The average Bonchev–Trinajstić information content (AvgIpc) is 3.04. The minimum atomic E-state index is -1.91. The molecular formula is C17H31NO4Si. The Balaban J connectivity index is 2.07. The molecule has 23 heavy (non-hydrogen) atoms. The standard InChI is InChI=1S/C17H31NO4Si/c1-16(2,3)22-15(20)18-13(11-9-12(11)14(18)19)10-21-23(7,8)17(4,5)6/h11-13H,9-10H2,1-8H3/t11-,12+,13+/m0/s1. The third kappa shape index (κ3) is 3.79. The molecule has 2 amide bonds. The molecular weight excluding hydrogens is 310 g/mol. The first-order valence-electron chi connectivity index (χ1n) is 8.44. The monoisotopic (exact) mass is 341 g/mol. The van der Waals surface area contributed by atoms with Crippen LogP contribution in [0.25, 0.3) is 0 Å². The minimum absolute atomic E-state index is 0.00414. The van der Waals surface area contributed by atoms with Crippen LogP contribution in [0.1, 0.15) is 48.0 Å². The largest absolute Gasteiger partial charge is 0.443 e. The molecule has 3 atom stereocenters. The van der Waals surface area contributed by atoms with Gasteiger partial charge in [-0.2, -0.15) is 0 Å². The fourth-order valence-corrected chi connectivity index (χ4v) is 3.72. The highest BCUT2D eigenvalue weighted by atomic mass is 28.4. The molecule has 0 bridgehead atoms. The lowest BCUT2D eigenvalue weighted by Crippen LogP contribution is -2.49. The molecule has 2 rings (SSSR count). The molecule has 5 nitrogen and oxygen atoms in total. The minimum Gasteiger partial charge on any atom is -0.443 e. The Hall–Kier alpha value is -0.883. The Morgan fingerprint density at radius 2 is 1.78 bits per heavy atom. The number of amides is 2. The number of imide groups is 1. The van der Waals surface area contributed by atoms with Crippen LogP contribution in [0.15, 0.2) is 0 Å². The number of piperidine rings is 1. The zero-order valence-corrected chi connectivity index (χ0v) is 16.7. The summed E-state index contributed by atoms with van der Waals surface area (Å²) in [5.41, 5.74) is -0.602. The lowest BCUT2D eigenvalue weighted by molar-refractivity contribution is -0.131. The van der Waals surface area contributed by atoms with E-state index in [9.17, 15) is 9.59 Å². The van der Waals surface area contributed by atoms with E-state index in [0.29, 0.717) is 6.61 Å². The molecule has 1 saturated carbocycles. The van der Waals surface area contributed by atoms with Crippen molar-refractivity contribution >= 4 is 20.3 Å². The van der Waals surface area contributed by atoms with Crippen LogP contribution in [0.2, 0.25) is 18.1 Å². The van der Waals surface area contributed by atoms with E-state index >= 15 is 0 Å². The molecule has 0 aromatic carbocycles. The molecule has 0 spiro atoms. The van der Waals surface area contributed by atoms with Gasteiger partial charge in [-0.1, -0.05) is 20.8 Å². The number of ether oxygens (including phenoxy) is 1. The Bertz CT molecular complexity index is 504. The average molecular weight is 342 g/mol. The second-order valence-corrected chi connectivity index (χ2v) is 14.1. The van der Waals surface area contributed by atoms with Crippen LogP contribution in [0.3, 0.4) is 0 Å². The molecule has 0 aromatic rings. The number of carbonyl (C=O) groups excluding carboxylic acids is 2. The van der Waals surface area contributed by atoms with Crippen molar-refractivity contribution in [1.29, 1.82) is 0 Å². The Morgan fingerprint density at radius 1 is 1.22 bits per heavy atom. The van der Waals surface area contributed by atoms with E-state index in [-0.39, 0.29) is 28.8 Å². The van der Waals surface area contributed by atoms with Crippen molar-refractivity contribution in [3.8, 4) is 0 Å². The quantitative estimate of drug-likeness (QED) is 0.733. The van der Waals surface area contributed by atoms with E-state index in [0.717, 1.165) is 6.42 Å². The number of rotatable bonds is 3. The maximum Gasteiger partial charge on any atom is 0.417 e. The molecule has 1 heterocycles. The fraction of sp³-hybridized carbons (Fsp3) is 0.882. The van der Waals surface area contributed by atoms with Crippen LogP contribution < -0.4 is 0 Å². The molecule has 0 radical (unpaired) electrons. The molecule has 2 aliphatic rings. The van der Waals surface area contributed by atoms with E-state index in [2.05, 4.69) is 33.9 Å². The molecule has 6 heteroatoms. The summed E-state index contributed by atoms with van der Waals surface area (Å²) in [6, 6.07) is -0.170. The zero-order valence-electron chi connectivity index (χ0n) is 15.7. The van der Waals surface area contributed by atoms with Crippen LogP contribution in [0.5, 0.6) is 0 Å². The van der Waals surface area contributed by atoms with Crippen LogP contribution in [-0.2, 0) is 14.0 Å². The van der Waals surface area contributed by atoms with Crippen molar-refractivity contribution < 1.29 is 18.8 Å². The molecule has 132 valence electrons. The number of likely N-dealkylation sites (tertiary alicyclic amines) is 1. The number of fused-ring (bicyclic) bond motifs is 1. The van der Waals surface area contributed by atoms with Gasteiger partial charge in [-0.15, -0.1) is 0 Å². The summed E-state index contributed by atoms with van der Waals surface area (Å²) in [6.07, 6.45) is 0.349. The van der Waals surface area contributed by atoms with Gasteiger partial charge in [0.25, 0.3) is 0 Å². The van der Waals surface area contributed by atoms with E-state index in [1.54, 1.807) is 0 Å². The highest BCUT2D eigenvalue weighted by molar-refractivity contribution is 6.74. The van der Waals surface area contributed by atoms with Gasteiger partial charge in [-0.25, -0.2) is 9.69 Å². The second-order valence-electron chi connectivity index (χ2n) is 9.33. The van der Waals surface area contributed by atoms with Gasteiger partial charge < -0.3 is 9.16 Å². The summed E-state index contributed by atoms with van der Waals surface area (Å²) in [7, 11) is -1.91. The predicted molar refractivity (Wildman–Crippen MR) is 91.6 cm³/mol. The van der Waals surface area contributed by atoms with E-state index in [1.807, 2.05) is 20.8 Å². The van der Waals surface area contributed by atoms with E-state index in [1.165, 1.54) is 4.90 Å². The maximum atomic E-state index is 12.4. The molecule has 1 aliphatic carbocycles. The van der Waals surface area contributed by atoms with Gasteiger partial charge in [-0.3, -0.25) is 4.79 Å². The fourth-order valence-electron chi connectivity index (χ4n) is 2.70. The van der Waals surface area contributed by atoms with Crippen molar-refractivity contribution in [2.45, 2.75) is 77.7 Å². The van der Waals surface area contributed by atoms with Gasteiger partial charge in [-0.05, 0) is 51.2 Å². The number of hydrogen-bond acceptors (Lipinski definition) is 4. The summed E-state index contributed by atoms with van der Waals surface area (Å²) >= 11 is 0. The number of hydrogen-bond donors (Lipinski definition) is 0. The van der Waals surface area contributed by atoms with Gasteiger partial charge >= 0.3 is 6.09 Å². The first-order chi connectivity index (χ1) is 10.2. The van der Waals surface area contributed by atoms with Crippen LogP contribution in [-0.4, -0.2) is 43.5 Å². The molecule has 1 saturated heterocycles. The van der Waals surface area contributed by atoms with Crippen molar-refractivity contribution in [1.82, 2.24) is 4.90 Å². The van der Waals surface area contributed by atoms with Crippen LogP contribution in [0, 0.1) is 11.8 Å². The second kappa shape index (κ2) is 5.58. The van der Waals surface area contributed by atoms with Crippen molar-refractivity contribution in [2.24, 2.45) is 11.8 Å². The number of nitrogens with zero attached hydrogens (tertiary/aromatic N) is 1. The Labute approximate surface area is 140 Å². The molecule has 0 aromatic heterocycles. The van der Waals surface area contributed by atoms with Crippen molar-refractivity contribution in [3.05, 3.63) is 0 Å². The summed E-state index contributed by atoms with van der Waals surface area (Å²) in [5.74, 6) is 0.156. The smallest absolute Gasteiger partial charge is 0.417 e. The van der Waals surface area contributed by atoms with Gasteiger partial charge in [0, 0.05) is 5.92 Å². The lowest BCUT2D eigenvalue weighted by Gasteiger charge is -2.38. The lowest BCUT2D eigenvalue weighted by atomic mass is 10.2. The number of carbonyl (C=O) groups is 2. The van der Waals surface area contributed by atoms with Gasteiger partial charge in [0.1, 0.15) is 5.60 Å². The van der Waals surface area contributed by atoms with Crippen molar-refractivity contribution in [3.63, 3.8) is 0 Å². The third-order valence-corrected chi connectivity index (χ3v) is 9.73. The summed E-state index contributed by atoms with van der Waals surface area (Å²) < 4.78 is 11.7. The normalized spacial score (nSPS) is 27.9. The topological polar surface area (TPSA) is 55.8 Å². The predicted octanol–water partition coefficient (Wildman–Crippen LogP) is 3.79. The van der Waals surface area contributed by atoms with E-state index < -0.39 is 20.0 Å². The van der Waals surface area contributed by atoms with Gasteiger partial charge in [0.15, 0.2) is 8.32 Å². The van der Waals surface area contributed by atoms with Crippen LogP contribution in [0.4, 0.5) is 4.79 Å².